The number of nitrogens with zero attached hydrogens (tertiary/aromatic N) is 1. The molecule has 0 saturated heterocycles. The lowest BCUT2D eigenvalue weighted by Gasteiger charge is -2.10. The van der Waals surface area contributed by atoms with Crippen LogP contribution in [-0.4, -0.2) is 31.3 Å². The molecule has 0 N–H and O–H groups in total. The monoisotopic (exact) mass is 157 g/mol. The molecule has 0 aliphatic carbocycles. The van der Waals surface area contributed by atoms with Crippen molar-refractivity contribution in [2.24, 2.45) is 5.92 Å². The molecule has 0 heterocycles. The number of hydrogen-bond donors (Lipinski definition) is 0. The van der Waals surface area contributed by atoms with Crippen LogP contribution >= 0.6 is 0 Å². The molecule has 0 aromatic rings. The largest absolute Gasteiger partial charge is 0.309 e. The standard InChI is InChI=1S/C9H19NO/c1-5-8(2)9(11)6-7-10(3)4/h8H,5-7H2,1-4H3. The van der Waals surface area contributed by atoms with Gasteiger partial charge >= 0.3 is 0 Å². The average molecular weight is 157 g/mol. The molecule has 0 amide bonds. The van der Waals surface area contributed by atoms with Crippen molar-refractivity contribution in [3.63, 3.8) is 0 Å². The molecular formula is C9H19NO. The fourth-order valence-corrected chi connectivity index (χ4v) is 0.808. The van der Waals surface area contributed by atoms with E-state index >= 15 is 0 Å². The molecule has 0 aliphatic heterocycles. The Morgan fingerprint density at radius 3 is 2.36 bits per heavy atom. The zero-order valence-electron chi connectivity index (χ0n) is 8.05. The van der Waals surface area contributed by atoms with Crippen molar-refractivity contribution in [3.05, 3.63) is 0 Å². The van der Waals surface area contributed by atoms with Gasteiger partial charge in [0.2, 0.25) is 0 Å². The summed E-state index contributed by atoms with van der Waals surface area (Å²) in [5.41, 5.74) is 0. The third-order valence-electron chi connectivity index (χ3n) is 1.97. The van der Waals surface area contributed by atoms with Crippen molar-refractivity contribution < 1.29 is 4.79 Å². The van der Waals surface area contributed by atoms with Crippen molar-refractivity contribution in [2.45, 2.75) is 26.7 Å². The molecule has 0 rings (SSSR count). The smallest absolute Gasteiger partial charge is 0.136 e. The summed E-state index contributed by atoms with van der Waals surface area (Å²) < 4.78 is 0. The molecule has 2 nitrogen and oxygen atoms in total. The van der Waals surface area contributed by atoms with Crippen molar-refractivity contribution in [3.8, 4) is 0 Å². The Bertz CT molecular complexity index is 121. The lowest BCUT2D eigenvalue weighted by atomic mass is 10.0. The highest BCUT2D eigenvalue weighted by molar-refractivity contribution is 5.80. The summed E-state index contributed by atoms with van der Waals surface area (Å²) in [6.07, 6.45) is 1.66. The van der Waals surface area contributed by atoms with Gasteiger partial charge in [0.25, 0.3) is 0 Å². The maximum absolute atomic E-state index is 11.3. The van der Waals surface area contributed by atoms with Gasteiger partial charge in [-0.15, -0.1) is 0 Å². The second-order valence-electron chi connectivity index (χ2n) is 3.33. The molecule has 66 valence electrons. The Kier molecular flexibility index (Phi) is 5.12. The Balaban J connectivity index is 3.52. The molecule has 11 heavy (non-hydrogen) atoms. The van der Waals surface area contributed by atoms with Gasteiger partial charge in [-0.05, 0) is 20.5 Å². The topological polar surface area (TPSA) is 20.3 Å². The first-order valence-corrected chi connectivity index (χ1v) is 4.25. The van der Waals surface area contributed by atoms with E-state index in [2.05, 4.69) is 6.92 Å². The fourth-order valence-electron chi connectivity index (χ4n) is 0.808. The van der Waals surface area contributed by atoms with E-state index in [0.717, 1.165) is 13.0 Å². The zero-order chi connectivity index (χ0) is 8.85. The average Bonchev–Trinajstić information content (AvgIpc) is 1.98. The predicted octanol–water partition coefficient (Wildman–Crippen LogP) is 1.55. The molecular weight excluding hydrogens is 138 g/mol. The molecule has 0 aromatic heterocycles. The van der Waals surface area contributed by atoms with E-state index in [1.807, 2.05) is 25.9 Å². The van der Waals surface area contributed by atoms with Gasteiger partial charge in [0, 0.05) is 18.9 Å². The van der Waals surface area contributed by atoms with Gasteiger partial charge in [0.1, 0.15) is 5.78 Å². The molecule has 0 radical (unpaired) electrons. The van der Waals surface area contributed by atoms with Gasteiger partial charge in [0.15, 0.2) is 0 Å². The zero-order valence-corrected chi connectivity index (χ0v) is 8.05. The minimum absolute atomic E-state index is 0.245. The first-order chi connectivity index (χ1) is 5.07. The lowest BCUT2D eigenvalue weighted by Crippen LogP contribution is -2.19. The van der Waals surface area contributed by atoms with Crippen LogP contribution in [0.4, 0.5) is 0 Å². The Morgan fingerprint density at radius 2 is 2.00 bits per heavy atom. The van der Waals surface area contributed by atoms with Gasteiger partial charge in [-0.2, -0.15) is 0 Å². The van der Waals surface area contributed by atoms with Crippen molar-refractivity contribution in [1.82, 2.24) is 4.90 Å². The summed E-state index contributed by atoms with van der Waals surface area (Å²) in [5.74, 6) is 0.635. The van der Waals surface area contributed by atoms with Crippen LogP contribution < -0.4 is 0 Å². The number of Topliss-reactive ketones (excluding diaryl/α,β-unsaturated/α-hetero) is 1. The second kappa shape index (κ2) is 5.30. The van der Waals surface area contributed by atoms with Crippen molar-refractivity contribution in [1.29, 1.82) is 0 Å². The summed E-state index contributed by atoms with van der Waals surface area (Å²) in [6, 6.07) is 0. The van der Waals surface area contributed by atoms with E-state index in [1.54, 1.807) is 0 Å². The number of carbonyl (C=O) groups is 1. The van der Waals surface area contributed by atoms with Crippen LogP contribution in [0, 0.1) is 5.92 Å². The summed E-state index contributed by atoms with van der Waals surface area (Å²) in [5, 5.41) is 0. The summed E-state index contributed by atoms with van der Waals surface area (Å²) in [4.78, 5) is 13.3. The van der Waals surface area contributed by atoms with E-state index in [0.29, 0.717) is 12.2 Å². The van der Waals surface area contributed by atoms with Crippen LogP contribution in [0.1, 0.15) is 26.7 Å². The number of carbonyl (C=O) groups excluding carboxylic acids is 1. The minimum Gasteiger partial charge on any atom is -0.309 e. The molecule has 1 atom stereocenters. The fraction of sp³-hybridized carbons (Fsp3) is 0.889. The normalized spacial score (nSPS) is 13.5. The SMILES string of the molecule is CCC(C)C(=O)CCN(C)C. The summed E-state index contributed by atoms with van der Waals surface area (Å²) >= 11 is 0. The first-order valence-electron chi connectivity index (χ1n) is 4.25. The number of rotatable bonds is 5. The second-order valence-corrected chi connectivity index (χ2v) is 3.33. The van der Waals surface area contributed by atoms with E-state index in [1.165, 1.54) is 0 Å². The summed E-state index contributed by atoms with van der Waals surface area (Å²) in [7, 11) is 3.98. The quantitative estimate of drug-likeness (QED) is 0.603. The van der Waals surface area contributed by atoms with E-state index in [-0.39, 0.29) is 5.92 Å². The van der Waals surface area contributed by atoms with E-state index in [9.17, 15) is 4.79 Å². The van der Waals surface area contributed by atoms with Crippen LogP contribution in [0.25, 0.3) is 0 Å². The Morgan fingerprint density at radius 1 is 1.45 bits per heavy atom. The highest BCUT2D eigenvalue weighted by Gasteiger charge is 2.09. The van der Waals surface area contributed by atoms with Crippen LogP contribution in [0.5, 0.6) is 0 Å². The summed E-state index contributed by atoms with van der Waals surface area (Å²) in [6.45, 7) is 4.93. The molecule has 0 bridgehead atoms. The van der Waals surface area contributed by atoms with Gasteiger partial charge in [-0.1, -0.05) is 13.8 Å². The van der Waals surface area contributed by atoms with Crippen LogP contribution in [0.15, 0.2) is 0 Å². The molecule has 0 spiro atoms. The molecule has 2 heteroatoms. The third kappa shape index (κ3) is 4.96. The third-order valence-corrected chi connectivity index (χ3v) is 1.97. The highest BCUT2D eigenvalue weighted by atomic mass is 16.1. The van der Waals surface area contributed by atoms with Crippen LogP contribution in [-0.2, 0) is 4.79 Å². The maximum atomic E-state index is 11.3. The van der Waals surface area contributed by atoms with Gasteiger partial charge in [-0.25, -0.2) is 0 Å². The molecule has 0 fully saturated rings. The Labute approximate surface area is 69.6 Å². The van der Waals surface area contributed by atoms with Crippen LogP contribution in [0.3, 0.4) is 0 Å². The molecule has 0 aromatic carbocycles. The van der Waals surface area contributed by atoms with Gasteiger partial charge in [-0.3, -0.25) is 4.79 Å². The van der Waals surface area contributed by atoms with E-state index < -0.39 is 0 Å². The minimum atomic E-state index is 0.245. The first kappa shape index (κ1) is 10.6. The van der Waals surface area contributed by atoms with Gasteiger partial charge in [0.05, 0.1) is 0 Å². The van der Waals surface area contributed by atoms with Gasteiger partial charge < -0.3 is 4.90 Å². The Hall–Kier alpha value is -0.370. The highest BCUT2D eigenvalue weighted by Crippen LogP contribution is 2.04. The van der Waals surface area contributed by atoms with Crippen molar-refractivity contribution >= 4 is 5.78 Å². The predicted molar refractivity (Wildman–Crippen MR) is 47.6 cm³/mol. The van der Waals surface area contributed by atoms with Crippen LogP contribution in [0.2, 0.25) is 0 Å². The molecule has 1 unspecified atom stereocenters. The van der Waals surface area contributed by atoms with Crippen molar-refractivity contribution in [2.75, 3.05) is 20.6 Å². The number of hydrogen-bond acceptors (Lipinski definition) is 2. The molecule has 0 aliphatic rings. The maximum Gasteiger partial charge on any atom is 0.136 e. The number of ketones is 1. The van der Waals surface area contributed by atoms with E-state index in [4.69, 9.17) is 0 Å². The lowest BCUT2D eigenvalue weighted by molar-refractivity contribution is -0.122. The molecule has 0 saturated carbocycles.